The predicted octanol–water partition coefficient (Wildman–Crippen LogP) is 1.90. The van der Waals surface area contributed by atoms with Crippen LogP contribution in [-0.2, 0) is 10.0 Å². The Hall–Kier alpha value is -3.37. The molecule has 3 N–H and O–H groups in total. The van der Waals surface area contributed by atoms with Gasteiger partial charge in [-0.05, 0) is 54.4 Å². The fourth-order valence-corrected chi connectivity index (χ4v) is 3.43. The maximum atomic E-state index is 13.1. The molecule has 1 aromatic heterocycles. The number of amides is 1. The van der Waals surface area contributed by atoms with Crippen molar-refractivity contribution in [3.8, 4) is 5.69 Å². The fourth-order valence-electron chi connectivity index (χ4n) is 2.86. The number of sulfonamides is 1. The lowest BCUT2D eigenvalue weighted by molar-refractivity contribution is 0.0928. The van der Waals surface area contributed by atoms with Crippen LogP contribution in [0, 0.1) is 5.82 Å². The summed E-state index contributed by atoms with van der Waals surface area (Å²) >= 11 is 0. The summed E-state index contributed by atoms with van der Waals surface area (Å²) in [6, 6.07) is 13.1. The third-order valence-corrected chi connectivity index (χ3v) is 5.32. The maximum Gasteiger partial charge on any atom is 0.272 e. The van der Waals surface area contributed by atoms with E-state index in [0.29, 0.717) is 17.7 Å². The predicted molar refractivity (Wildman–Crippen MR) is 108 cm³/mol. The zero-order valence-corrected chi connectivity index (χ0v) is 16.8. The molecule has 156 valence electrons. The number of carbonyl (C=O) groups excluding carboxylic acids is 1. The van der Waals surface area contributed by atoms with Gasteiger partial charge < -0.3 is 5.32 Å². The van der Waals surface area contributed by atoms with E-state index in [1.54, 1.807) is 6.07 Å². The second-order valence-corrected chi connectivity index (χ2v) is 8.06. The monoisotopic (exact) mass is 430 g/mol. The first kappa shape index (κ1) is 21.3. The summed E-state index contributed by atoms with van der Waals surface area (Å²) in [7, 11) is -3.88. The van der Waals surface area contributed by atoms with E-state index in [2.05, 4.69) is 10.4 Å². The molecule has 10 heteroatoms. The van der Waals surface area contributed by atoms with Crippen molar-refractivity contribution in [1.29, 1.82) is 0 Å². The summed E-state index contributed by atoms with van der Waals surface area (Å²) in [6.07, 6.45) is 0.470. The number of hydrogen-bond acceptors (Lipinski definition) is 5. The van der Waals surface area contributed by atoms with E-state index in [1.165, 1.54) is 54.6 Å². The van der Waals surface area contributed by atoms with Crippen molar-refractivity contribution in [3.63, 3.8) is 0 Å². The van der Waals surface area contributed by atoms with E-state index >= 15 is 0 Å². The summed E-state index contributed by atoms with van der Waals surface area (Å²) in [6.45, 7) is 1.82. The van der Waals surface area contributed by atoms with Crippen molar-refractivity contribution in [2.45, 2.75) is 24.3 Å². The second kappa shape index (κ2) is 8.56. The number of nitrogens with one attached hydrogen (secondary N) is 1. The van der Waals surface area contributed by atoms with Crippen LogP contribution in [0.25, 0.3) is 5.69 Å². The molecule has 1 atom stereocenters. The van der Waals surface area contributed by atoms with Gasteiger partial charge in [0.05, 0.1) is 16.6 Å². The van der Waals surface area contributed by atoms with Crippen molar-refractivity contribution in [1.82, 2.24) is 15.1 Å². The van der Waals surface area contributed by atoms with Gasteiger partial charge in [-0.25, -0.2) is 17.9 Å². The van der Waals surface area contributed by atoms with E-state index in [1.807, 2.05) is 6.92 Å². The highest BCUT2D eigenvalue weighted by Gasteiger charge is 2.18. The van der Waals surface area contributed by atoms with Crippen LogP contribution in [0.2, 0.25) is 0 Å². The van der Waals surface area contributed by atoms with Gasteiger partial charge in [-0.1, -0.05) is 19.1 Å². The van der Waals surface area contributed by atoms with Crippen LogP contribution in [-0.4, -0.2) is 24.1 Å². The second-order valence-electron chi connectivity index (χ2n) is 6.50. The highest BCUT2D eigenvalue weighted by Crippen LogP contribution is 2.20. The highest BCUT2D eigenvalue weighted by molar-refractivity contribution is 7.89. The molecule has 0 aliphatic carbocycles. The molecule has 0 spiro atoms. The zero-order valence-electron chi connectivity index (χ0n) is 15.9. The highest BCUT2D eigenvalue weighted by atomic mass is 32.2. The molecule has 0 aliphatic heterocycles. The topological polar surface area (TPSA) is 124 Å². The third-order valence-electron chi connectivity index (χ3n) is 4.41. The molecule has 2 aromatic carbocycles. The van der Waals surface area contributed by atoms with E-state index in [0.717, 1.165) is 4.68 Å². The Balaban J connectivity index is 1.89. The molecular formula is C20H19FN4O4S. The number of nitrogens with two attached hydrogens (primary N) is 1. The first-order chi connectivity index (χ1) is 14.2. The minimum Gasteiger partial charge on any atom is -0.344 e. The van der Waals surface area contributed by atoms with Gasteiger partial charge in [-0.2, -0.15) is 9.78 Å². The quantitative estimate of drug-likeness (QED) is 0.618. The molecular weight excluding hydrogens is 411 g/mol. The number of primary sulfonamides is 1. The summed E-state index contributed by atoms with van der Waals surface area (Å²) in [5.74, 6) is -1.02. The van der Waals surface area contributed by atoms with Crippen molar-refractivity contribution < 1.29 is 17.6 Å². The van der Waals surface area contributed by atoms with Gasteiger partial charge in [-0.3, -0.25) is 9.59 Å². The molecule has 0 unspecified atom stereocenters. The Kier molecular flexibility index (Phi) is 6.09. The van der Waals surface area contributed by atoms with E-state index in [-0.39, 0.29) is 10.6 Å². The molecule has 3 aromatic rings. The van der Waals surface area contributed by atoms with Gasteiger partial charge >= 0.3 is 0 Å². The Labute approximate surface area is 172 Å². The van der Waals surface area contributed by atoms with Crippen molar-refractivity contribution in [2.24, 2.45) is 5.14 Å². The molecule has 0 fully saturated rings. The normalized spacial score (nSPS) is 12.4. The van der Waals surface area contributed by atoms with E-state index in [9.17, 15) is 22.4 Å². The Morgan fingerprint density at radius 3 is 2.50 bits per heavy atom. The number of carbonyl (C=O) groups is 1. The molecule has 1 amide bonds. The minimum atomic E-state index is -3.88. The molecule has 3 rings (SSSR count). The van der Waals surface area contributed by atoms with Crippen LogP contribution < -0.4 is 16.0 Å². The number of nitrogens with zero attached hydrogens (tertiary/aromatic N) is 2. The van der Waals surface area contributed by atoms with Crippen molar-refractivity contribution in [3.05, 3.63) is 88.1 Å². The summed E-state index contributed by atoms with van der Waals surface area (Å²) < 4.78 is 37.3. The van der Waals surface area contributed by atoms with Gasteiger partial charge in [0.15, 0.2) is 0 Å². The molecule has 0 saturated heterocycles. The summed E-state index contributed by atoms with van der Waals surface area (Å²) in [4.78, 5) is 24.8. The fraction of sp³-hybridized carbons (Fsp3) is 0.150. The number of rotatable bonds is 6. The van der Waals surface area contributed by atoms with Gasteiger partial charge in [0.25, 0.3) is 11.5 Å². The lowest BCUT2D eigenvalue weighted by Crippen LogP contribution is -2.31. The van der Waals surface area contributed by atoms with E-state index < -0.39 is 33.3 Å². The van der Waals surface area contributed by atoms with Crippen LogP contribution in [0.3, 0.4) is 0 Å². The first-order valence-corrected chi connectivity index (χ1v) is 10.5. The van der Waals surface area contributed by atoms with Crippen LogP contribution in [0.15, 0.2) is 70.4 Å². The van der Waals surface area contributed by atoms with Gasteiger partial charge in [0.2, 0.25) is 10.0 Å². The molecule has 30 heavy (non-hydrogen) atoms. The minimum absolute atomic E-state index is 0.0278. The number of aromatic nitrogens is 2. The third kappa shape index (κ3) is 4.78. The van der Waals surface area contributed by atoms with Crippen LogP contribution >= 0.6 is 0 Å². The molecule has 1 heterocycles. The summed E-state index contributed by atoms with van der Waals surface area (Å²) in [5, 5.41) is 12.0. The van der Waals surface area contributed by atoms with Crippen LogP contribution in [0.5, 0.6) is 0 Å². The van der Waals surface area contributed by atoms with E-state index in [4.69, 9.17) is 5.14 Å². The lowest BCUT2D eigenvalue weighted by atomic mass is 10.0. The smallest absolute Gasteiger partial charge is 0.272 e. The largest absolute Gasteiger partial charge is 0.344 e. The van der Waals surface area contributed by atoms with Crippen molar-refractivity contribution in [2.75, 3.05) is 0 Å². The molecule has 0 aliphatic rings. The first-order valence-electron chi connectivity index (χ1n) is 8.99. The van der Waals surface area contributed by atoms with Gasteiger partial charge in [0.1, 0.15) is 11.5 Å². The zero-order chi connectivity index (χ0) is 21.9. The SMILES string of the molecule is CC[C@@H](NC(=O)c1ccc(=O)n(-c2ccc(F)cc2)n1)c1cccc(S(N)(=O)=O)c1. The molecule has 0 radical (unpaired) electrons. The van der Waals surface area contributed by atoms with Crippen molar-refractivity contribution >= 4 is 15.9 Å². The standard InChI is InChI=1S/C20H19FN4O4S/c1-2-17(13-4-3-5-16(12-13)30(22,28)29)23-20(27)18-10-11-19(26)25(24-18)15-8-6-14(21)7-9-15/h3-12,17H,2H2,1H3,(H,23,27)(H2,22,28,29)/t17-/m1/s1. The number of hydrogen-bond donors (Lipinski definition) is 2. The average molecular weight is 430 g/mol. The average Bonchev–Trinajstić information content (AvgIpc) is 2.72. The Bertz CT molecular complexity index is 1240. The molecule has 0 saturated carbocycles. The number of benzene rings is 2. The summed E-state index contributed by atoms with van der Waals surface area (Å²) in [5.41, 5.74) is 0.360. The maximum absolute atomic E-state index is 13.1. The van der Waals surface area contributed by atoms with Gasteiger partial charge in [-0.15, -0.1) is 0 Å². The van der Waals surface area contributed by atoms with Gasteiger partial charge in [0, 0.05) is 6.07 Å². The lowest BCUT2D eigenvalue weighted by Gasteiger charge is -2.18. The Morgan fingerprint density at radius 2 is 1.87 bits per heavy atom. The Morgan fingerprint density at radius 1 is 1.17 bits per heavy atom. The molecule has 0 bridgehead atoms. The number of halogens is 1. The van der Waals surface area contributed by atoms with Crippen LogP contribution in [0.4, 0.5) is 4.39 Å². The molecule has 8 nitrogen and oxygen atoms in total. The van der Waals surface area contributed by atoms with Crippen LogP contribution in [0.1, 0.15) is 35.4 Å².